The molecule has 2 nitrogen and oxygen atoms in total. The van der Waals surface area contributed by atoms with Crippen molar-refractivity contribution in [3.8, 4) is 5.75 Å². The Morgan fingerprint density at radius 2 is 1.85 bits per heavy atom. The van der Waals surface area contributed by atoms with Gasteiger partial charge in [-0.05, 0) is 49.2 Å². The first-order valence-corrected chi connectivity index (χ1v) is 7.11. The second kappa shape index (κ2) is 6.78. The van der Waals surface area contributed by atoms with Crippen LogP contribution in [-0.4, -0.2) is 13.7 Å². The van der Waals surface area contributed by atoms with E-state index in [0.29, 0.717) is 6.54 Å². The van der Waals surface area contributed by atoms with Gasteiger partial charge in [-0.25, -0.2) is 0 Å². The molecule has 0 aliphatic carbocycles. The maximum absolute atomic E-state index is 6.08. The number of hydrogen-bond donors (Lipinski definition) is 1. The highest BCUT2D eigenvalue weighted by Crippen LogP contribution is 2.28. The Morgan fingerprint density at radius 3 is 2.45 bits per heavy atom. The first-order valence-electron chi connectivity index (χ1n) is 6.73. The summed E-state index contributed by atoms with van der Waals surface area (Å²) in [7, 11) is 1.68. The van der Waals surface area contributed by atoms with E-state index in [-0.39, 0.29) is 5.92 Å². The number of rotatable bonds is 5. The van der Waals surface area contributed by atoms with Gasteiger partial charge in [-0.3, -0.25) is 0 Å². The van der Waals surface area contributed by atoms with Gasteiger partial charge in [-0.2, -0.15) is 0 Å². The molecule has 20 heavy (non-hydrogen) atoms. The Hall–Kier alpha value is -1.51. The van der Waals surface area contributed by atoms with Crippen molar-refractivity contribution in [2.75, 3.05) is 13.7 Å². The maximum Gasteiger partial charge on any atom is 0.122 e. The van der Waals surface area contributed by atoms with Gasteiger partial charge in [0, 0.05) is 10.9 Å². The molecule has 0 aromatic heterocycles. The van der Waals surface area contributed by atoms with Crippen molar-refractivity contribution >= 4 is 11.6 Å². The molecule has 2 rings (SSSR count). The molecular weight excluding hydrogens is 270 g/mol. The fraction of sp³-hybridized carbons (Fsp3) is 0.294. The molecule has 0 saturated heterocycles. The number of ether oxygens (including phenoxy) is 1. The zero-order valence-corrected chi connectivity index (χ0v) is 12.7. The topological polar surface area (TPSA) is 35.2 Å². The highest BCUT2D eigenvalue weighted by atomic mass is 35.5. The summed E-state index contributed by atoms with van der Waals surface area (Å²) in [5.74, 6) is 1.13. The molecular formula is C17H20ClNO. The van der Waals surface area contributed by atoms with Crippen molar-refractivity contribution in [3.63, 3.8) is 0 Å². The van der Waals surface area contributed by atoms with Crippen LogP contribution in [0.25, 0.3) is 0 Å². The maximum atomic E-state index is 6.08. The van der Waals surface area contributed by atoms with Gasteiger partial charge in [0.25, 0.3) is 0 Å². The largest absolute Gasteiger partial charge is 0.496 e. The van der Waals surface area contributed by atoms with Crippen LogP contribution in [-0.2, 0) is 6.42 Å². The van der Waals surface area contributed by atoms with Crippen LogP contribution in [0.5, 0.6) is 5.75 Å². The normalized spacial score (nSPS) is 12.2. The van der Waals surface area contributed by atoms with E-state index in [9.17, 15) is 0 Å². The third-order valence-corrected chi connectivity index (χ3v) is 3.78. The predicted molar refractivity (Wildman–Crippen MR) is 84.7 cm³/mol. The smallest absolute Gasteiger partial charge is 0.122 e. The summed E-state index contributed by atoms with van der Waals surface area (Å²) in [5.41, 5.74) is 9.54. The summed E-state index contributed by atoms with van der Waals surface area (Å²) in [4.78, 5) is 0. The molecule has 0 bridgehead atoms. The lowest BCUT2D eigenvalue weighted by Gasteiger charge is -2.17. The van der Waals surface area contributed by atoms with E-state index in [1.165, 1.54) is 11.1 Å². The Bertz CT molecular complexity index is 566. The molecule has 1 unspecified atom stereocenters. The lowest BCUT2D eigenvalue weighted by molar-refractivity contribution is 0.408. The number of nitrogens with two attached hydrogens (primary N) is 1. The zero-order valence-electron chi connectivity index (χ0n) is 11.9. The summed E-state index contributed by atoms with van der Waals surface area (Å²) in [6.07, 6.45) is 0.823. The molecule has 1 atom stereocenters. The fourth-order valence-electron chi connectivity index (χ4n) is 2.35. The molecule has 2 N–H and O–H groups in total. The number of halogens is 1. The first kappa shape index (κ1) is 14.9. The average molecular weight is 290 g/mol. The van der Waals surface area contributed by atoms with Crippen molar-refractivity contribution in [3.05, 3.63) is 64.2 Å². The molecule has 2 aromatic rings. The highest BCUT2D eigenvalue weighted by molar-refractivity contribution is 6.30. The molecule has 0 radical (unpaired) electrons. The van der Waals surface area contributed by atoms with Crippen molar-refractivity contribution in [1.29, 1.82) is 0 Å². The molecule has 0 spiro atoms. The van der Waals surface area contributed by atoms with Gasteiger partial charge in [0.2, 0.25) is 0 Å². The summed E-state index contributed by atoms with van der Waals surface area (Å²) < 4.78 is 5.40. The van der Waals surface area contributed by atoms with Crippen LogP contribution in [0, 0.1) is 6.92 Å². The third-order valence-electron chi connectivity index (χ3n) is 3.54. The van der Waals surface area contributed by atoms with Gasteiger partial charge >= 0.3 is 0 Å². The van der Waals surface area contributed by atoms with Crippen molar-refractivity contribution < 1.29 is 4.74 Å². The Kier molecular flexibility index (Phi) is 5.05. The quantitative estimate of drug-likeness (QED) is 0.905. The second-order valence-electron chi connectivity index (χ2n) is 5.00. The molecule has 0 saturated carbocycles. The van der Waals surface area contributed by atoms with E-state index in [4.69, 9.17) is 22.1 Å². The van der Waals surface area contributed by atoms with E-state index >= 15 is 0 Å². The van der Waals surface area contributed by atoms with Crippen molar-refractivity contribution in [2.24, 2.45) is 5.73 Å². The van der Waals surface area contributed by atoms with Crippen LogP contribution < -0.4 is 10.5 Å². The van der Waals surface area contributed by atoms with Gasteiger partial charge in [-0.15, -0.1) is 0 Å². The summed E-state index contributed by atoms with van der Waals surface area (Å²) >= 11 is 6.08. The van der Waals surface area contributed by atoms with Crippen LogP contribution in [0.15, 0.2) is 42.5 Å². The van der Waals surface area contributed by atoms with Crippen LogP contribution in [0.2, 0.25) is 5.02 Å². The summed E-state index contributed by atoms with van der Waals surface area (Å²) in [6.45, 7) is 2.68. The fourth-order valence-corrected chi connectivity index (χ4v) is 2.54. The van der Waals surface area contributed by atoms with Crippen LogP contribution >= 0.6 is 11.6 Å². The summed E-state index contributed by atoms with van der Waals surface area (Å²) in [6, 6.07) is 14.2. The van der Waals surface area contributed by atoms with Gasteiger partial charge < -0.3 is 10.5 Å². The molecule has 0 fully saturated rings. The number of benzene rings is 2. The minimum absolute atomic E-state index is 0.267. The minimum atomic E-state index is 0.267. The monoisotopic (exact) mass is 289 g/mol. The van der Waals surface area contributed by atoms with Crippen LogP contribution in [0.4, 0.5) is 0 Å². The third kappa shape index (κ3) is 3.53. The standard InChI is InChI=1S/C17H20ClNO/c1-12-3-5-13(6-4-12)15(11-19)9-14-10-16(18)7-8-17(14)20-2/h3-8,10,15H,9,11,19H2,1-2H3. The Morgan fingerprint density at radius 1 is 1.15 bits per heavy atom. The van der Waals surface area contributed by atoms with E-state index in [1.807, 2.05) is 18.2 Å². The van der Waals surface area contributed by atoms with E-state index in [2.05, 4.69) is 31.2 Å². The van der Waals surface area contributed by atoms with Gasteiger partial charge in [0.1, 0.15) is 5.75 Å². The first-order chi connectivity index (χ1) is 9.63. The van der Waals surface area contributed by atoms with Crippen molar-refractivity contribution in [2.45, 2.75) is 19.3 Å². The van der Waals surface area contributed by atoms with E-state index in [1.54, 1.807) is 7.11 Å². The molecule has 0 amide bonds. The average Bonchev–Trinajstić information content (AvgIpc) is 2.46. The van der Waals surface area contributed by atoms with Crippen LogP contribution in [0.3, 0.4) is 0 Å². The summed E-state index contributed by atoms with van der Waals surface area (Å²) in [5, 5.41) is 0.723. The van der Waals surface area contributed by atoms with E-state index < -0.39 is 0 Å². The SMILES string of the molecule is COc1ccc(Cl)cc1CC(CN)c1ccc(C)cc1. The Labute approximate surface area is 125 Å². The van der Waals surface area contributed by atoms with Gasteiger partial charge in [0.05, 0.1) is 7.11 Å². The highest BCUT2D eigenvalue weighted by Gasteiger charge is 2.14. The second-order valence-corrected chi connectivity index (χ2v) is 5.44. The molecule has 0 aliphatic rings. The number of methoxy groups -OCH3 is 1. The zero-order chi connectivity index (χ0) is 14.5. The van der Waals surface area contributed by atoms with Crippen molar-refractivity contribution in [1.82, 2.24) is 0 Å². The number of hydrogen-bond acceptors (Lipinski definition) is 2. The number of aryl methyl sites for hydroxylation is 1. The molecule has 3 heteroatoms. The lowest BCUT2D eigenvalue weighted by Crippen LogP contribution is -2.15. The lowest BCUT2D eigenvalue weighted by atomic mass is 9.91. The van der Waals surface area contributed by atoms with Gasteiger partial charge in [-0.1, -0.05) is 41.4 Å². The molecule has 0 aliphatic heterocycles. The Balaban J connectivity index is 2.26. The van der Waals surface area contributed by atoms with Gasteiger partial charge in [0.15, 0.2) is 0 Å². The molecule has 106 valence electrons. The predicted octanol–water partition coefficient (Wildman–Crippen LogP) is 3.94. The van der Waals surface area contributed by atoms with E-state index in [0.717, 1.165) is 22.8 Å². The molecule has 0 heterocycles. The minimum Gasteiger partial charge on any atom is -0.496 e. The van der Waals surface area contributed by atoms with Crippen LogP contribution in [0.1, 0.15) is 22.6 Å². The molecule has 2 aromatic carbocycles.